The van der Waals surface area contributed by atoms with Crippen LogP contribution in [0.4, 0.5) is 5.69 Å². The minimum atomic E-state index is -0.185. The fourth-order valence-corrected chi connectivity index (χ4v) is 5.42. The van der Waals surface area contributed by atoms with E-state index in [4.69, 9.17) is 14.2 Å². The maximum absolute atomic E-state index is 13.5. The molecule has 6 heteroatoms. The van der Waals surface area contributed by atoms with Crippen molar-refractivity contribution < 1.29 is 19.0 Å². The third-order valence-electron chi connectivity index (χ3n) is 7.32. The van der Waals surface area contributed by atoms with Crippen molar-refractivity contribution in [2.45, 2.75) is 50.2 Å². The monoisotopic (exact) mass is 450 g/mol. The first kappa shape index (κ1) is 22.1. The average Bonchev–Trinajstić information content (AvgIpc) is 3.26. The van der Waals surface area contributed by atoms with Crippen molar-refractivity contribution in [3.63, 3.8) is 0 Å². The van der Waals surface area contributed by atoms with Gasteiger partial charge in [-0.25, -0.2) is 0 Å². The van der Waals surface area contributed by atoms with E-state index < -0.39 is 0 Å². The number of anilines is 1. The molecule has 5 rings (SSSR count). The van der Waals surface area contributed by atoms with Gasteiger partial charge in [-0.2, -0.15) is 0 Å². The summed E-state index contributed by atoms with van der Waals surface area (Å²) >= 11 is 0. The van der Waals surface area contributed by atoms with Gasteiger partial charge in [-0.15, -0.1) is 0 Å². The number of carbonyl (C=O) groups is 1. The summed E-state index contributed by atoms with van der Waals surface area (Å²) in [5.41, 5.74) is 1.59. The summed E-state index contributed by atoms with van der Waals surface area (Å²) in [5, 5.41) is 0. The van der Waals surface area contributed by atoms with E-state index in [0.29, 0.717) is 31.0 Å². The second kappa shape index (κ2) is 9.64. The number of benzene rings is 2. The molecule has 1 atom stereocenters. The summed E-state index contributed by atoms with van der Waals surface area (Å²) in [6.07, 6.45) is 6.31. The largest absolute Gasteiger partial charge is 0.496 e. The Labute approximate surface area is 196 Å². The van der Waals surface area contributed by atoms with Gasteiger partial charge in [0, 0.05) is 38.3 Å². The van der Waals surface area contributed by atoms with Crippen LogP contribution in [-0.2, 0) is 4.74 Å². The molecule has 3 aliphatic rings. The van der Waals surface area contributed by atoms with E-state index in [9.17, 15) is 4.79 Å². The van der Waals surface area contributed by atoms with Crippen molar-refractivity contribution in [2.24, 2.45) is 0 Å². The van der Waals surface area contributed by atoms with Gasteiger partial charge < -0.3 is 24.0 Å². The van der Waals surface area contributed by atoms with Gasteiger partial charge in [0.15, 0.2) is 0 Å². The fraction of sp³-hybridized carbons (Fsp3) is 0.519. The molecule has 0 unspecified atom stereocenters. The summed E-state index contributed by atoms with van der Waals surface area (Å²) in [6, 6.07) is 16.0. The number of nitrogens with zero attached hydrogens (tertiary/aromatic N) is 2. The second-order valence-corrected chi connectivity index (χ2v) is 9.48. The van der Waals surface area contributed by atoms with Crippen molar-refractivity contribution in [1.82, 2.24) is 4.90 Å². The lowest BCUT2D eigenvalue weighted by atomic mass is 9.87. The Morgan fingerprint density at radius 1 is 1.00 bits per heavy atom. The molecule has 33 heavy (non-hydrogen) atoms. The molecule has 0 aromatic heterocycles. The maximum atomic E-state index is 13.5. The van der Waals surface area contributed by atoms with Gasteiger partial charge in [0.05, 0.1) is 24.9 Å². The minimum Gasteiger partial charge on any atom is -0.496 e. The molecule has 6 nitrogen and oxygen atoms in total. The van der Waals surface area contributed by atoms with Crippen LogP contribution in [0, 0.1) is 0 Å². The standard InChI is InChI=1S/C27H34N2O4/c1-31-25-11-10-21(28-14-6-3-7-15-28)18-24(25)26(30)29-16-12-27(13-17-29)19-23(20-32-27)33-22-8-4-2-5-9-22/h2,4-5,8-11,18,23H,3,6-7,12-17,19-20H2,1H3/t23-/m0/s1. The van der Waals surface area contributed by atoms with E-state index in [1.807, 2.05) is 47.4 Å². The number of carbonyl (C=O) groups excluding carboxylic acids is 1. The molecule has 0 radical (unpaired) electrons. The normalized spacial score (nSPS) is 22.4. The highest BCUT2D eigenvalue weighted by molar-refractivity contribution is 5.98. The molecule has 2 aromatic carbocycles. The van der Waals surface area contributed by atoms with E-state index in [-0.39, 0.29) is 17.6 Å². The van der Waals surface area contributed by atoms with Gasteiger partial charge in [-0.1, -0.05) is 18.2 Å². The third kappa shape index (κ3) is 4.81. The predicted molar refractivity (Wildman–Crippen MR) is 128 cm³/mol. The molecule has 3 aliphatic heterocycles. The molecule has 176 valence electrons. The number of hydrogen-bond acceptors (Lipinski definition) is 5. The average molecular weight is 451 g/mol. The van der Waals surface area contributed by atoms with Gasteiger partial charge in [-0.3, -0.25) is 4.79 Å². The Balaban J connectivity index is 1.22. The number of likely N-dealkylation sites (tertiary alicyclic amines) is 1. The number of rotatable bonds is 5. The van der Waals surface area contributed by atoms with Gasteiger partial charge in [0.1, 0.15) is 17.6 Å². The Bertz CT molecular complexity index is 950. The Kier molecular flexibility index (Phi) is 6.45. The Morgan fingerprint density at radius 3 is 2.48 bits per heavy atom. The lowest BCUT2D eigenvalue weighted by molar-refractivity contribution is -0.0396. The maximum Gasteiger partial charge on any atom is 0.257 e. The van der Waals surface area contributed by atoms with E-state index >= 15 is 0 Å². The highest BCUT2D eigenvalue weighted by atomic mass is 16.6. The topological polar surface area (TPSA) is 51.2 Å². The first-order valence-electron chi connectivity index (χ1n) is 12.2. The number of para-hydroxylation sites is 1. The smallest absolute Gasteiger partial charge is 0.257 e. The van der Waals surface area contributed by atoms with Crippen molar-refractivity contribution >= 4 is 11.6 Å². The first-order valence-corrected chi connectivity index (χ1v) is 12.2. The highest BCUT2D eigenvalue weighted by Gasteiger charge is 2.44. The molecular weight excluding hydrogens is 416 g/mol. The summed E-state index contributed by atoms with van der Waals surface area (Å²) in [5.74, 6) is 1.58. The quantitative estimate of drug-likeness (QED) is 0.670. The molecule has 1 amide bonds. The molecule has 1 spiro atoms. The number of ether oxygens (including phenoxy) is 3. The van der Waals surface area contributed by atoms with Crippen molar-refractivity contribution in [3.8, 4) is 11.5 Å². The molecule has 3 fully saturated rings. The number of hydrogen-bond donors (Lipinski definition) is 0. The molecule has 3 saturated heterocycles. The van der Waals surface area contributed by atoms with Crippen LogP contribution in [0.3, 0.4) is 0 Å². The summed E-state index contributed by atoms with van der Waals surface area (Å²) in [4.78, 5) is 17.8. The molecular formula is C27H34N2O4. The van der Waals surface area contributed by atoms with E-state index in [1.54, 1.807) is 7.11 Å². The Hall–Kier alpha value is -2.73. The van der Waals surface area contributed by atoms with Crippen LogP contribution in [0.2, 0.25) is 0 Å². The summed E-state index contributed by atoms with van der Waals surface area (Å²) < 4.78 is 17.9. The zero-order valence-corrected chi connectivity index (χ0v) is 19.5. The van der Waals surface area contributed by atoms with E-state index in [0.717, 1.165) is 43.8 Å². The van der Waals surface area contributed by atoms with Crippen LogP contribution < -0.4 is 14.4 Å². The zero-order chi connectivity index (χ0) is 22.7. The van der Waals surface area contributed by atoms with Gasteiger partial charge in [0.2, 0.25) is 0 Å². The number of amides is 1. The first-order chi connectivity index (χ1) is 16.2. The van der Waals surface area contributed by atoms with Crippen LogP contribution >= 0.6 is 0 Å². The molecule has 0 bridgehead atoms. The van der Waals surface area contributed by atoms with Crippen molar-refractivity contribution in [3.05, 3.63) is 54.1 Å². The van der Waals surface area contributed by atoms with Crippen LogP contribution in [-0.4, -0.2) is 62.4 Å². The molecule has 3 heterocycles. The van der Waals surface area contributed by atoms with Crippen molar-refractivity contribution in [2.75, 3.05) is 44.8 Å². The van der Waals surface area contributed by atoms with Gasteiger partial charge in [-0.05, 0) is 62.4 Å². The third-order valence-corrected chi connectivity index (χ3v) is 7.32. The Morgan fingerprint density at radius 2 is 1.76 bits per heavy atom. The predicted octanol–water partition coefficient (Wildman–Crippen LogP) is 4.53. The van der Waals surface area contributed by atoms with Crippen LogP contribution in [0.1, 0.15) is 48.9 Å². The zero-order valence-electron chi connectivity index (χ0n) is 19.5. The lowest BCUT2D eigenvalue weighted by Gasteiger charge is -2.38. The SMILES string of the molecule is COc1ccc(N2CCCCC2)cc1C(=O)N1CCC2(CC1)C[C@H](Oc1ccccc1)CO2. The number of methoxy groups -OCH3 is 1. The summed E-state index contributed by atoms with van der Waals surface area (Å²) in [7, 11) is 1.64. The lowest BCUT2D eigenvalue weighted by Crippen LogP contribution is -2.46. The number of piperidine rings is 2. The minimum absolute atomic E-state index is 0.0515. The van der Waals surface area contributed by atoms with E-state index in [1.165, 1.54) is 19.3 Å². The molecule has 0 aliphatic carbocycles. The second-order valence-electron chi connectivity index (χ2n) is 9.48. The van der Waals surface area contributed by atoms with Gasteiger partial charge in [0.25, 0.3) is 5.91 Å². The molecule has 2 aromatic rings. The van der Waals surface area contributed by atoms with Crippen LogP contribution in [0.5, 0.6) is 11.5 Å². The van der Waals surface area contributed by atoms with Crippen LogP contribution in [0.15, 0.2) is 48.5 Å². The van der Waals surface area contributed by atoms with E-state index in [2.05, 4.69) is 11.0 Å². The van der Waals surface area contributed by atoms with Crippen molar-refractivity contribution in [1.29, 1.82) is 0 Å². The van der Waals surface area contributed by atoms with Crippen LogP contribution in [0.25, 0.3) is 0 Å². The molecule has 0 N–H and O–H groups in total. The van der Waals surface area contributed by atoms with Gasteiger partial charge >= 0.3 is 0 Å². The fourth-order valence-electron chi connectivity index (χ4n) is 5.42. The summed E-state index contributed by atoms with van der Waals surface area (Å²) in [6.45, 7) is 4.09. The highest BCUT2D eigenvalue weighted by Crippen LogP contribution is 2.38. The molecule has 0 saturated carbocycles.